The van der Waals surface area contributed by atoms with Crippen molar-refractivity contribution in [3.63, 3.8) is 0 Å². The third-order valence-electron chi connectivity index (χ3n) is 1.63. The van der Waals surface area contributed by atoms with Crippen LogP contribution in [-0.4, -0.2) is 25.9 Å². The van der Waals surface area contributed by atoms with Crippen LogP contribution < -0.4 is 11.1 Å². The Morgan fingerprint density at radius 1 is 1.44 bits per heavy atom. The molecule has 1 aliphatic rings. The topological polar surface area (TPSA) is 47.3 Å². The Hall–Kier alpha value is -0.120. The molecular weight excluding hydrogens is 116 g/mol. The van der Waals surface area contributed by atoms with Crippen LogP contribution in [0.25, 0.3) is 0 Å². The summed E-state index contributed by atoms with van der Waals surface area (Å²) in [4.78, 5) is 0. The fourth-order valence-corrected chi connectivity index (χ4v) is 1.07. The second-order valence-corrected chi connectivity index (χ2v) is 2.29. The maximum absolute atomic E-state index is 5.31. The SMILES string of the molecule is NCNC1CCOCC1. The summed E-state index contributed by atoms with van der Waals surface area (Å²) < 4.78 is 5.17. The summed E-state index contributed by atoms with van der Waals surface area (Å²) in [7, 11) is 0. The van der Waals surface area contributed by atoms with Crippen molar-refractivity contribution in [3.8, 4) is 0 Å². The largest absolute Gasteiger partial charge is 0.381 e. The molecule has 0 atom stereocenters. The fraction of sp³-hybridized carbons (Fsp3) is 1.00. The van der Waals surface area contributed by atoms with Gasteiger partial charge < -0.3 is 15.8 Å². The van der Waals surface area contributed by atoms with E-state index in [4.69, 9.17) is 10.5 Å². The highest BCUT2D eigenvalue weighted by Crippen LogP contribution is 2.04. The van der Waals surface area contributed by atoms with Gasteiger partial charge in [-0.25, -0.2) is 0 Å². The number of nitrogens with two attached hydrogens (primary N) is 1. The molecule has 3 nitrogen and oxygen atoms in total. The lowest BCUT2D eigenvalue weighted by molar-refractivity contribution is 0.0783. The van der Waals surface area contributed by atoms with Crippen LogP contribution in [0, 0.1) is 0 Å². The van der Waals surface area contributed by atoms with Crippen molar-refractivity contribution in [1.82, 2.24) is 5.32 Å². The van der Waals surface area contributed by atoms with E-state index in [0.717, 1.165) is 26.1 Å². The minimum atomic E-state index is 0.588. The van der Waals surface area contributed by atoms with Crippen molar-refractivity contribution in [2.75, 3.05) is 19.9 Å². The average Bonchev–Trinajstić information content (AvgIpc) is 1.91. The lowest BCUT2D eigenvalue weighted by atomic mass is 10.1. The Morgan fingerprint density at radius 2 is 2.11 bits per heavy atom. The van der Waals surface area contributed by atoms with Gasteiger partial charge in [0, 0.05) is 25.9 Å². The van der Waals surface area contributed by atoms with Crippen molar-refractivity contribution in [2.45, 2.75) is 18.9 Å². The molecule has 1 saturated heterocycles. The summed E-state index contributed by atoms with van der Waals surface area (Å²) in [5.41, 5.74) is 5.31. The lowest BCUT2D eigenvalue weighted by Crippen LogP contribution is -2.37. The first-order valence-corrected chi connectivity index (χ1v) is 3.44. The predicted octanol–water partition coefficient (Wildman–Crippen LogP) is -0.329. The van der Waals surface area contributed by atoms with E-state index in [9.17, 15) is 0 Å². The monoisotopic (exact) mass is 130 g/mol. The standard InChI is InChI=1S/C6H14N2O/c7-5-8-6-1-3-9-4-2-6/h6,8H,1-5,7H2. The van der Waals surface area contributed by atoms with E-state index in [2.05, 4.69) is 5.32 Å². The molecule has 1 heterocycles. The Balaban J connectivity index is 2.08. The maximum atomic E-state index is 5.31. The Labute approximate surface area is 55.6 Å². The maximum Gasteiger partial charge on any atom is 0.0480 e. The minimum Gasteiger partial charge on any atom is -0.381 e. The second-order valence-electron chi connectivity index (χ2n) is 2.29. The van der Waals surface area contributed by atoms with E-state index in [1.807, 2.05) is 0 Å². The molecule has 0 aromatic carbocycles. The molecule has 0 aromatic heterocycles. The van der Waals surface area contributed by atoms with Crippen molar-refractivity contribution in [2.24, 2.45) is 5.73 Å². The third kappa shape index (κ3) is 2.30. The zero-order valence-corrected chi connectivity index (χ0v) is 5.60. The van der Waals surface area contributed by atoms with Crippen molar-refractivity contribution >= 4 is 0 Å². The van der Waals surface area contributed by atoms with Gasteiger partial charge >= 0.3 is 0 Å². The summed E-state index contributed by atoms with van der Waals surface area (Å²) in [5, 5.41) is 3.18. The lowest BCUT2D eigenvalue weighted by Gasteiger charge is -2.22. The van der Waals surface area contributed by atoms with Crippen LogP contribution in [-0.2, 0) is 4.74 Å². The quantitative estimate of drug-likeness (QED) is 0.503. The molecule has 1 aliphatic heterocycles. The van der Waals surface area contributed by atoms with Gasteiger partial charge in [-0.3, -0.25) is 0 Å². The van der Waals surface area contributed by atoms with Gasteiger partial charge in [0.25, 0.3) is 0 Å². The van der Waals surface area contributed by atoms with Crippen LogP contribution in [0.2, 0.25) is 0 Å². The summed E-state index contributed by atoms with van der Waals surface area (Å²) in [6, 6.07) is 0.601. The molecule has 0 spiro atoms. The molecule has 1 rings (SSSR count). The van der Waals surface area contributed by atoms with Gasteiger partial charge in [0.2, 0.25) is 0 Å². The summed E-state index contributed by atoms with van der Waals surface area (Å²) >= 11 is 0. The van der Waals surface area contributed by atoms with Gasteiger partial charge in [0.1, 0.15) is 0 Å². The molecule has 9 heavy (non-hydrogen) atoms. The normalized spacial score (nSPS) is 22.3. The highest BCUT2D eigenvalue weighted by Gasteiger charge is 2.10. The summed E-state index contributed by atoms with van der Waals surface area (Å²) in [6.45, 7) is 2.36. The summed E-state index contributed by atoms with van der Waals surface area (Å²) in [5.74, 6) is 0. The van der Waals surface area contributed by atoms with Crippen LogP contribution in [0.5, 0.6) is 0 Å². The molecular formula is C6H14N2O. The molecule has 0 bridgehead atoms. The predicted molar refractivity (Wildman–Crippen MR) is 36.0 cm³/mol. The number of hydrogen-bond donors (Lipinski definition) is 2. The first kappa shape index (κ1) is 6.99. The van der Waals surface area contributed by atoms with Gasteiger partial charge in [0.15, 0.2) is 0 Å². The number of ether oxygens (including phenoxy) is 1. The minimum absolute atomic E-state index is 0.588. The Bertz CT molecular complexity index is 68.7. The van der Waals surface area contributed by atoms with E-state index < -0.39 is 0 Å². The Morgan fingerprint density at radius 3 is 2.67 bits per heavy atom. The molecule has 0 saturated carbocycles. The second kappa shape index (κ2) is 3.82. The van der Waals surface area contributed by atoms with E-state index in [-0.39, 0.29) is 0 Å². The molecule has 0 amide bonds. The van der Waals surface area contributed by atoms with Gasteiger partial charge in [0.05, 0.1) is 0 Å². The molecule has 0 unspecified atom stereocenters. The van der Waals surface area contributed by atoms with Gasteiger partial charge in [-0.1, -0.05) is 0 Å². The van der Waals surface area contributed by atoms with Crippen LogP contribution in [0.1, 0.15) is 12.8 Å². The molecule has 0 aromatic rings. The zero-order chi connectivity index (χ0) is 6.53. The van der Waals surface area contributed by atoms with Crippen LogP contribution in [0.15, 0.2) is 0 Å². The smallest absolute Gasteiger partial charge is 0.0480 e. The van der Waals surface area contributed by atoms with Gasteiger partial charge in [-0.2, -0.15) is 0 Å². The van der Waals surface area contributed by atoms with Crippen molar-refractivity contribution in [3.05, 3.63) is 0 Å². The molecule has 0 aliphatic carbocycles. The van der Waals surface area contributed by atoms with E-state index in [0.29, 0.717) is 12.7 Å². The Kier molecular flexibility index (Phi) is 2.97. The van der Waals surface area contributed by atoms with E-state index in [1.54, 1.807) is 0 Å². The molecule has 1 fully saturated rings. The third-order valence-corrected chi connectivity index (χ3v) is 1.63. The van der Waals surface area contributed by atoms with Crippen LogP contribution in [0.3, 0.4) is 0 Å². The van der Waals surface area contributed by atoms with Crippen LogP contribution in [0.4, 0.5) is 0 Å². The zero-order valence-electron chi connectivity index (χ0n) is 5.60. The molecule has 3 heteroatoms. The summed E-state index contributed by atoms with van der Waals surface area (Å²) in [6.07, 6.45) is 2.22. The highest BCUT2D eigenvalue weighted by molar-refractivity contribution is 4.68. The van der Waals surface area contributed by atoms with Crippen LogP contribution >= 0.6 is 0 Å². The van der Waals surface area contributed by atoms with Gasteiger partial charge in [-0.15, -0.1) is 0 Å². The van der Waals surface area contributed by atoms with Crippen molar-refractivity contribution < 1.29 is 4.74 Å². The van der Waals surface area contributed by atoms with E-state index in [1.165, 1.54) is 0 Å². The first-order chi connectivity index (χ1) is 4.43. The highest BCUT2D eigenvalue weighted by atomic mass is 16.5. The first-order valence-electron chi connectivity index (χ1n) is 3.44. The number of rotatable bonds is 2. The number of nitrogens with one attached hydrogen (secondary N) is 1. The molecule has 3 N–H and O–H groups in total. The van der Waals surface area contributed by atoms with E-state index >= 15 is 0 Å². The molecule has 0 radical (unpaired) electrons. The average molecular weight is 130 g/mol. The van der Waals surface area contributed by atoms with Crippen molar-refractivity contribution in [1.29, 1.82) is 0 Å². The molecule has 54 valence electrons. The fourth-order valence-electron chi connectivity index (χ4n) is 1.07. The van der Waals surface area contributed by atoms with Gasteiger partial charge in [-0.05, 0) is 12.8 Å². The number of hydrogen-bond acceptors (Lipinski definition) is 3.